The van der Waals surface area contributed by atoms with Crippen LogP contribution in [-0.4, -0.2) is 53.5 Å². The number of hydrogen-bond donors (Lipinski definition) is 6. The van der Waals surface area contributed by atoms with Crippen molar-refractivity contribution >= 4 is 23.7 Å². The Morgan fingerprint density at radius 2 is 1.69 bits per heavy atom. The Hall–Kier alpha value is -2.20. The fourth-order valence-electron chi connectivity index (χ4n) is 2.28. The summed E-state index contributed by atoms with van der Waals surface area (Å²) in [4.78, 5) is 46.8. The van der Waals surface area contributed by atoms with Crippen LogP contribution in [0.2, 0.25) is 0 Å². The number of carboxylic acids is 1. The Morgan fingerprint density at radius 3 is 2.15 bits per heavy atom. The van der Waals surface area contributed by atoms with Gasteiger partial charge >= 0.3 is 5.97 Å². The van der Waals surface area contributed by atoms with E-state index in [9.17, 15) is 24.3 Å². The maximum atomic E-state index is 12.5. The van der Waals surface area contributed by atoms with Gasteiger partial charge in [-0.1, -0.05) is 20.3 Å². The molecule has 0 bridgehead atoms. The third-order valence-electron chi connectivity index (χ3n) is 4.11. The maximum Gasteiger partial charge on any atom is 0.326 e. The molecule has 0 saturated carbocycles. The molecule has 26 heavy (non-hydrogen) atoms. The Balaban J connectivity index is 5.03. The average Bonchev–Trinajstić information content (AvgIpc) is 2.56. The molecule has 0 saturated heterocycles. The van der Waals surface area contributed by atoms with E-state index < -0.39 is 41.8 Å². The van der Waals surface area contributed by atoms with E-state index in [0.717, 1.165) is 0 Å². The van der Waals surface area contributed by atoms with Crippen LogP contribution in [0.4, 0.5) is 0 Å². The molecule has 0 aliphatic carbocycles. The lowest BCUT2D eigenvalue weighted by Crippen LogP contribution is -2.57. The van der Waals surface area contributed by atoms with Gasteiger partial charge in [0.15, 0.2) is 0 Å². The van der Waals surface area contributed by atoms with Gasteiger partial charge < -0.3 is 32.9 Å². The molecular weight excluding hydrogens is 342 g/mol. The van der Waals surface area contributed by atoms with E-state index in [1.807, 2.05) is 6.92 Å². The number of carbonyl (C=O) groups excluding carboxylic acids is 3. The second-order valence-electron chi connectivity index (χ2n) is 6.33. The van der Waals surface area contributed by atoms with E-state index in [0.29, 0.717) is 25.8 Å². The first-order valence-electron chi connectivity index (χ1n) is 8.71. The minimum Gasteiger partial charge on any atom is -0.480 e. The normalized spacial score (nSPS) is 15.4. The van der Waals surface area contributed by atoms with Crippen LogP contribution in [0.15, 0.2) is 0 Å². The highest BCUT2D eigenvalue weighted by Gasteiger charge is 2.31. The van der Waals surface area contributed by atoms with Crippen molar-refractivity contribution in [1.82, 2.24) is 10.6 Å². The summed E-state index contributed by atoms with van der Waals surface area (Å²) < 4.78 is 0. The quantitative estimate of drug-likeness (QED) is 0.210. The summed E-state index contributed by atoms with van der Waals surface area (Å²) in [5.74, 6) is -3.46. The molecule has 0 aliphatic heterocycles. The molecule has 10 heteroatoms. The minimum atomic E-state index is -1.17. The van der Waals surface area contributed by atoms with Crippen LogP contribution in [-0.2, 0) is 19.2 Å². The number of rotatable bonds is 13. The summed E-state index contributed by atoms with van der Waals surface area (Å²) in [6, 6.07) is -3.22. The number of unbranched alkanes of at least 4 members (excludes halogenated alkanes) is 1. The molecule has 0 aromatic rings. The first-order chi connectivity index (χ1) is 12.1. The van der Waals surface area contributed by atoms with Crippen LogP contribution >= 0.6 is 0 Å². The van der Waals surface area contributed by atoms with Crippen molar-refractivity contribution < 1.29 is 24.3 Å². The van der Waals surface area contributed by atoms with E-state index in [4.69, 9.17) is 17.2 Å². The van der Waals surface area contributed by atoms with Crippen molar-refractivity contribution in [2.24, 2.45) is 23.1 Å². The molecule has 3 amide bonds. The van der Waals surface area contributed by atoms with Crippen LogP contribution in [0.1, 0.15) is 46.0 Å². The number of primary amides is 1. The molecule has 0 aromatic carbocycles. The summed E-state index contributed by atoms with van der Waals surface area (Å²) >= 11 is 0. The topological polar surface area (TPSA) is 191 Å². The van der Waals surface area contributed by atoms with Crippen molar-refractivity contribution in [2.75, 3.05) is 6.54 Å². The third kappa shape index (κ3) is 8.77. The summed E-state index contributed by atoms with van der Waals surface area (Å²) in [6.45, 7) is 4.01. The monoisotopic (exact) mass is 373 g/mol. The smallest absolute Gasteiger partial charge is 0.326 e. The van der Waals surface area contributed by atoms with Crippen molar-refractivity contribution in [3.05, 3.63) is 0 Å². The van der Waals surface area contributed by atoms with Gasteiger partial charge in [-0.25, -0.2) is 4.79 Å². The van der Waals surface area contributed by atoms with E-state index >= 15 is 0 Å². The van der Waals surface area contributed by atoms with Gasteiger partial charge in [0.05, 0.1) is 12.5 Å². The molecule has 0 fully saturated rings. The molecule has 0 spiro atoms. The number of carbonyl (C=O) groups is 4. The Bertz CT molecular complexity index is 499. The molecular formula is C16H31N5O5. The standard InChI is InChI=1S/C16H31N5O5/c1-3-9(2)13(21-14(23)10(18)8-12(19)22)15(24)20-11(16(25)26)6-4-5-7-17/h9-11,13H,3-8,17-18H2,1-2H3,(H2,19,22)(H,20,24)(H,21,23)(H,25,26)/t9-,10-,11-,13-/m0/s1. The second-order valence-corrected chi connectivity index (χ2v) is 6.33. The molecule has 0 unspecified atom stereocenters. The molecule has 0 radical (unpaired) electrons. The predicted molar refractivity (Wildman–Crippen MR) is 95.6 cm³/mol. The van der Waals surface area contributed by atoms with E-state index in [-0.39, 0.29) is 18.8 Å². The van der Waals surface area contributed by atoms with Gasteiger partial charge in [0.2, 0.25) is 17.7 Å². The molecule has 0 rings (SSSR count). The third-order valence-corrected chi connectivity index (χ3v) is 4.11. The van der Waals surface area contributed by atoms with E-state index in [1.165, 1.54) is 0 Å². The van der Waals surface area contributed by atoms with Crippen LogP contribution in [0.5, 0.6) is 0 Å². The van der Waals surface area contributed by atoms with E-state index in [1.54, 1.807) is 6.92 Å². The molecule has 9 N–H and O–H groups in total. The highest BCUT2D eigenvalue weighted by molar-refractivity contribution is 5.93. The zero-order valence-corrected chi connectivity index (χ0v) is 15.4. The van der Waals surface area contributed by atoms with Gasteiger partial charge in [-0.05, 0) is 31.7 Å². The summed E-state index contributed by atoms with van der Waals surface area (Å²) in [7, 11) is 0. The van der Waals surface area contributed by atoms with Crippen molar-refractivity contribution in [3.8, 4) is 0 Å². The number of hydrogen-bond acceptors (Lipinski definition) is 6. The highest BCUT2D eigenvalue weighted by atomic mass is 16.4. The molecule has 150 valence electrons. The molecule has 0 aliphatic rings. The zero-order valence-electron chi connectivity index (χ0n) is 15.4. The summed E-state index contributed by atoms with van der Waals surface area (Å²) in [5, 5.41) is 14.2. The van der Waals surface area contributed by atoms with Crippen LogP contribution < -0.4 is 27.8 Å². The van der Waals surface area contributed by atoms with Gasteiger partial charge in [-0.3, -0.25) is 14.4 Å². The highest BCUT2D eigenvalue weighted by Crippen LogP contribution is 2.10. The lowest BCUT2D eigenvalue weighted by atomic mass is 9.97. The number of aliphatic carboxylic acids is 1. The van der Waals surface area contributed by atoms with Crippen LogP contribution in [0, 0.1) is 5.92 Å². The predicted octanol–water partition coefficient (Wildman–Crippen LogP) is -1.58. The maximum absolute atomic E-state index is 12.5. The first kappa shape index (κ1) is 23.8. The fourth-order valence-corrected chi connectivity index (χ4v) is 2.28. The number of nitrogens with two attached hydrogens (primary N) is 3. The zero-order chi connectivity index (χ0) is 20.3. The van der Waals surface area contributed by atoms with Gasteiger partial charge in [-0.2, -0.15) is 0 Å². The lowest BCUT2D eigenvalue weighted by molar-refractivity contribution is -0.142. The Labute approximate surface area is 153 Å². The molecule has 0 aromatic heterocycles. The Kier molecular flexibility index (Phi) is 11.2. The minimum absolute atomic E-state index is 0.237. The average molecular weight is 373 g/mol. The summed E-state index contributed by atoms with van der Waals surface area (Å²) in [6.07, 6.45) is 1.65. The van der Waals surface area contributed by atoms with Crippen LogP contribution in [0.3, 0.4) is 0 Å². The summed E-state index contributed by atoms with van der Waals surface area (Å²) in [5.41, 5.74) is 16.0. The fraction of sp³-hybridized carbons (Fsp3) is 0.750. The van der Waals surface area contributed by atoms with Gasteiger partial charge in [0.1, 0.15) is 12.1 Å². The van der Waals surface area contributed by atoms with Gasteiger partial charge in [-0.15, -0.1) is 0 Å². The van der Waals surface area contributed by atoms with Crippen molar-refractivity contribution in [1.29, 1.82) is 0 Å². The van der Waals surface area contributed by atoms with Crippen molar-refractivity contribution in [2.45, 2.75) is 64.1 Å². The number of carboxylic acid groups (broad SMARTS) is 1. The van der Waals surface area contributed by atoms with Gasteiger partial charge in [0.25, 0.3) is 0 Å². The van der Waals surface area contributed by atoms with Gasteiger partial charge in [0, 0.05) is 0 Å². The molecule has 4 atom stereocenters. The number of amides is 3. The first-order valence-corrected chi connectivity index (χ1v) is 8.71. The number of nitrogens with one attached hydrogen (secondary N) is 2. The Morgan fingerprint density at radius 1 is 1.08 bits per heavy atom. The lowest BCUT2D eigenvalue weighted by Gasteiger charge is -2.26. The second kappa shape index (κ2) is 12.2. The molecule has 10 nitrogen and oxygen atoms in total. The largest absolute Gasteiger partial charge is 0.480 e. The SMILES string of the molecule is CC[C@H](C)[C@H](NC(=O)[C@@H](N)CC(N)=O)C(=O)N[C@@H](CCCCN)C(=O)O. The molecule has 0 heterocycles. The van der Waals surface area contributed by atoms with Crippen LogP contribution in [0.25, 0.3) is 0 Å². The van der Waals surface area contributed by atoms with E-state index in [2.05, 4.69) is 10.6 Å². The van der Waals surface area contributed by atoms with Crippen molar-refractivity contribution in [3.63, 3.8) is 0 Å².